The molecule has 9 heteroatoms. The zero-order valence-electron chi connectivity index (χ0n) is 24.7. The van der Waals surface area contributed by atoms with Crippen LogP contribution >= 0.6 is 11.8 Å². The molecule has 8 nitrogen and oxygen atoms in total. The second-order valence-corrected chi connectivity index (χ2v) is 12.9. The number of carbonyl (C=O) groups is 3. The van der Waals surface area contributed by atoms with E-state index in [1.807, 2.05) is 76.2 Å². The van der Waals surface area contributed by atoms with Gasteiger partial charge in [0.15, 0.2) is 6.10 Å². The van der Waals surface area contributed by atoms with E-state index in [1.165, 1.54) is 22.7 Å². The molecule has 4 rings (SSSR count). The van der Waals surface area contributed by atoms with Gasteiger partial charge in [-0.2, -0.15) is 0 Å². The van der Waals surface area contributed by atoms with Gasteiger partial charge in [-0.25, -0.2) is 0 Å². The fourth-order valence-electron chi connectivity index (χ4n) is 5.38. The summed E-state index contributed by atoms with van der Waals surface area (Å²) in [6.07, 6.45) is -1.43. The molecule has 4 N–H and O–H groups in total. The monoisotopic (exact) mass is 589 g/mol. The Morgan fingerprint density at radius 2 is 1.62 bits per heavy atom. The quantitative estimate of drug-likeness (QED) is 0.300. The normalized spacial score (nSPS) is 17.4. The Labute approximate surface area is 251 Å². The van der Waals surface area contributed by atoms with Crippen LogP contribution in [-0.2, 0) is 22.6 Å². The molecule has 1 fully saturated rings. The van der Waals surface area contributed by atoms with Gasteiger partial charge in [-0.3, -0.25) is 14.4 Å². The van der Waals surface area contributed by atoms with Crippen LogP contribution in [0.2, 0.25) is 0 Å². The van der Waals surface area contributed by atoms with Gasteiger partial charge in [0.25, 0.3) is 11.8 Å². The highest BCUT2D eigenvalue weighted by Crippen LogP contribution is 2.40. The van der Waals surface area contributed by atoms with Crippen molar-refractivity contribution in [1.29, 1.82) is 0 Å². The second-order valence-electron chi connectivity index (χ2n) is 11.3. The van der Waals surface area contributed by atoms with Crippen molar-refractivity contribution < 1.29 is 24.6 Å². The maximum Gasteiger partial charge on any atom is 0.254 e. The Kier molecular flexibility index (Phi) is 9.64. The van der Waals surface area contributed by atoms with Crippen LogP contribution in [0.25, 0.3) is 0 Å². The number of aliphatic hydroxyl groups excluding tert-OH is 1. The van der Waals surface area contributed by atoms with E-state index in [-0.39, 0.29) is 29.5 Å². The second kappa shape index (κ2) is 13.0. The number of benzene rings is 3. The van der Waals surface area contributed by atoms with E-state index in [9.17, 15) is 24.6 Å². The lowest BCUT2D eigenvalue weighted by Crippen LogP contribution is -2.58. The third kappa shape index (κ3) is 6.79. The number of carbonyl (C=O) groups excluding carboxylic acids is 3. The fraction of sp³-hybridized carbons (Fsp3) is 0.364. The molecule has 0 saturated carbocycles. The van der Waals surface area contributed by atoms with Crippen molar-refractivity contribution in [2.24, 2.45) is 0 Å². The number of rotatable bonds is 9. The Morgan fingerprint density at radius 1 is 0.976 bits per heavy atom. The van der Waals surface area contributed by atoms with E-state index >= 15 is 0 Å². The number of thioether (sulfide) groups is 1. The minimum absolute atomic E-state index is 0.0232. The Balaban J connectivity index is 1.57. The van der Waals surface area contributed by atoms with Gasteiger partial charge in [-0.05, 0) is 75.4 Å². The molecule has 42 heavy (non-hydrogen) atoms. The van der Waals surface area contributed by atoms with Crippen LogP contribution in [0.1, 0.15) is 52.0 Å². The summed E-state index contributed by atoms with van der Waals surface area (Å²) >= 11 is 1.47. The molecule has 3 atom stereocenters. The number of hydrogen-bond donors (Lipinski definition) is 4. The summed E-state index contributed by atoms with van der Waals surface area (Å²) in [5.74, 6) is -1.25. The van der Waals surface area contributed by atoms with E-state index in [4.69, 9.17) is 0 Å². The Bertz CT molecular complexity index is 1440. The van der Waals surface area contributed by atoms with E-state index < -0.39 is 34.7 Å². The molecule has 0 bridgehead atoms. The lowest BCUT2D eigenvalue weighted by molar-refractivity contribution is -0.147. The molecule has 1 aliphatic rings. The summed E-state index contributed by atoms with van der Waals surface area (Å²) in [5.41, 5.74) is 4.63. The first kappa shape index (κ1) is 31.1. The summed E-state index contributed by atoms with van der Waals surface area (Å²) in [5, 5.41) is 27.4. The Morgan fingerprint density at radius 3 is 2.29 bits per heavy atom. The maximum absolute atomic E-state index is 13.9. The standard InChI is InChI=1S/C33H39N3O5S/c1-20-11-9-12-21(2)25(20)18-34-31(40)29-33(4,5)42-19-36(29)32(41)28(38)26(17-23-13-7-6-8-14-23)35-30(39)24-15-10-16-27(37)22(24)3/h6-16,26,28-29,37-38H,17-19H2,1-5H3,(H,34,40)(H,35,39)/t26-,28-,29+/m0/s1. The highest BCUT2D eigenvalue weighted by atomic mass is 32.2. The van der Waals surface area contributed by atoms with Crippen molar-refractivity contribution in [1.82, 2.24) is 15.5 Å². The van der Waals surface area contributed by atoms with Gasteiger partial charge in [-0.15, -0.1) is 11.8 Å². The van der Waals surface area contributed by atoms with E-state index in [0.717, 1.165) is 22.3 Å². The molecule has 1 saturated heterocycles. The molecule has 3 aromatic carbocycles. The molecule has 1 aliphatic heterocycles. The van der Waals surface area contributed by atoms with Crippen molar-refractivity contribution in [3.05, 3.63) is 100 Å². The summed E-state index contributed by atoms with van der Waals surface area (Å²) in [6, 6.07) is 18.1. The number of nitrogens with zero attached hydrogens (tertiary/aromatic N) is 1. The Hall–Kier alpha value is -3.82. The molecule has 3 aromatic rings. The van der Waals surface area contributed by atoms with Gasteiger partial charge in [0, 0.05) is 22.4 Å². The van der Waals surface area contributed by atoms with Gasteiger partial charge >= 0.3 is 0 Å². The van der Waals surface area contributed by atoms with E-state index in [1.54, 1.807) is 19.1 Å². The zero-order valence-corrected chi connectivity index (χ0v) is 25.5. The van der Waals surface area contributed by atoms with Crippen molar-refractivity contribution in [3.8, 4) is 5.75 Å². The molecular formula is C33H39N3O5S. The molecule has 0 unspecified atom stereocenters. The molecular weight excluding hydrogens is 550 g/mol. The van der Waals surface area contributed by atoms with Crippen LogP contribution in [-0.4, -0.2) is 61.6 Å². The third-order valence-corrected chi connectivity index (χ3v) is 9.33. The molecule has 222 valence electrons. The van der Waals surface area contributed by atoms with Gasteiger partial charge in [0.05, 0.1) is 11.9 Å². The smallest absolute Gasteiger partial charge is 0.254 e. The van der Waals surface area contributed by atoms with Gasteiger partial charge < -0.3 is 25.7 Å². The molecule has 1 heterocycles. The van der Waals surface area contributed by atoms with Crippen molar-refractivity contribution in [3.63, 3.8) is 0 Å². The summed E-state index contributed by atoms with van der Waals surface area (Å²) in [7, 11) is 0. The van der Waals surface area contributed by atoms with Crippen LogP contribution in [0.4, 0.5) is 0 Å². The average molecular weight is 590 g/mol. The van der Waals surface area contributed by atoms with Gasteiger partial charge in [0.1, 0.15) is 11.8 Å². The predicted molar refractivity (Wildman–Crippen MR) is 165 cm³/mol. The summed E-state index contributed by atoms with van der Waals surface area (Å²) in [6.45, 7) is 9.77. The lowest BCUT2D eigenvalue weighted by Gasteiger charge is -2.33. The number of phenols is 1. The molecule has 3 amide bonds. The van der Waals surface area contributed by atoms with Crippen LogP contribution in [0.5, 0.6) is 5.75 Å². The highest BCUT2D eigenvalue weighted by molar-refractivity contribution is 8.00. The predicted octanol–water partition coefficient (Wildman–Crippen LogP) is 4.02. The van der Waals surface area contributed by atoms with Crippen LogP contribution in [0.3, 0.4) is 0 Å². The lowest BCUT2D eigenvalue weighted by atomic mass is 9.96. The van der Waals surface area contributed by atoms with E-state index in [2.05, 4.69) is 10.6 Å². The molecule has 0 aliphatic carbocycles. The summed E-state index contributed by atoms with van der Waals surface area (Å²) < 4.78 is -0.600. The van der Waals surface area contributed by atoms with E-state index in [0.29, 0.717) is 12.1 Å². The number of aryl methyl sites for hydroxylation is 2. The van der Waals surface area contributed by atoms with Gasteiger partial charge in [-0.1, -0.05) is 54.6 Å². The van der Waals surface area contributed by atoms with Crippen molar-refractivity contribution in [2.75, 3.05) is 5.88 Å². The minimum atomic E-state index is -1.62. The largest absolute Gasteiger partial charge is 0.508 e. The molecule has 0 radical (unpaired) electrons. The minimum Gasteiger partial charge on any atom is -0.508 e. The SMILES string of the molecule is Cc1cccc(C)c1CNC(=O)[C@H]1N(C(=O)[C@@H](O)[C@H](Cc2ccccc2)NC(=O)c2cccc(O)c2C)CSC1(C)C. The molecule has 0 spiro atoms. The topological polar surface area (TPSA) is 119 Å². The number of phenolic OH excluding ortho intramolecular Hbond substituents is 1. The first-order chi connectivity index (χ1) is 19.9. The fourth-order valence-corrected chi connectivity index (χ4v) is 6.52. The maximum atomic E-state index is 13.9. The number of nitrogens with one attached hydrogen (secondary N) is 2. The first-order valence-corrected chi connectivity index (χ1v) is 15.0. The van der Waals surface area contributed by atoms with Gasteiger partial charge in [0.2, 0.25) is 5.91 Å². The number of hydrogen-bond acceptors (Lipinski definition) is 6. The first-order valence-electron chi connectivity index (χ1n) is 14.0. The van der Waals surface area contributed by atoms with Crippen LogP contribution < -0.4 is 10.6 Å². The van der Waals surface area contributed by atoms with Crippen molar-refractivity contribution in [2.45, 2.75) is 70.5 Å². The number of amides is 3. The third-order valence-electron chi connectivity index (χ3n) is 7.96. The zero-order chi connectivity index (χ0) is 30.6. The molecule has 0 aromatic heterocycles. The number of aromatic hydroxyl groups is 1. The highest BCUT2D eigenvalue weighted by Gasteiger charge is 2.49. The van der Waals surface area contributed by atoms with Crippen LogP contribution in [0.15, 0.2) is 66.7 Å². The van der Waals surface area contributed by atoms with Crippen LogP contribution in [0, 0.1) is 20.8 Å². The summed E-state index contributed by atoms with van der Waals surface area (Å²) in [4.78, 5) is 42.2. The van der Waals surface area contributed by atoms with Crippen molar-refractivity contribution >= 4 is 29.5 Å². The number of aliphatic hydroxyl groups is 1. The average Bonchev–Trinajstić information content (AvgIpc) is 3.28.